The lowest BCUT2D eigenvalue weighted by Crippen LogP contribution is -2.33. The molecular weight excluding hydrogens is 346 g/mol. The maximum atomic E-state index is 12.3. The second-order valence-electron chi connectivity index (χ2n) is 6.87. The highest BCUT2D eigenvalue weighted by Gasteiger charge is 2.18. The number of ether oxygens (including phenoxy) is 2. The number of fused-ring (bicyclic) bond motifs is 1. The van der Waals surface area contributed by atoms with E-state index in [9.17, 15) is 4.79 Å². The monoisotopic (exact) mass is 369 g/mol. The Morgan fingerprint density at radius 2 is 1.85 bits per heavy atom. The zero-order chi connectivity index (χ0) is 18.6. The Bertz CT molecular complexity index is 821. The molecule has 2 aromatic rings. The molecule has 0 atom stereocenters. The van der Waals surface area contributed by atoms with Crippen molar-refractivity contribution < 1.29 is 14.3 Å². The number of benzene rings is 1. The SMILES string of the molecule is CC1CCN(c2cc(NC(=O)Nc3ccc4c(c3)OCCO4)ncn2)CC1. The van der Waals surface area contributed by atoms with E-state index in [0.717, 1.165) is 37.7 Å². The topological polar surface area (TPSA) is 88.6 Å². The molecule has 0 bridgehead atoms. The molecule has 0 spiro atoms. The number of hydrogen-bond acceptors (Lipinski definition) is 6. The number of rotatable bonds is 3. The second-order valence-corrected chi connectivity index (χ2v) is 6.87. The van der Waals surface area contributed by atoms with Crippen LogP contribution in [0, 0.1) is 5.92 Å². The molecule has 1 aromatic heterocycles. The van der Waals surface area contributed by atoms with Gasteiger partial charge in [0.15, 0.2) is 11.5 Å². The van der Waals surface area contributed by atoms with E-state index in [2.05, 4.69) is 32.4 Å². The fourth-order valence-corrected chi connectivity index (χ4v) is 3.23. The molecule has 2 aliphatic heterocycles. The van der Waals surface area contributed by atoms with Gasteiger partial charge in [0.2, 0.25) is 0 Å². The van der Waals surface area contributed by atoms with Crippen molar-refractivity contribution in [3.8, 4) is 11.5 Å². The summed E-state index contributed by atoms with van der Waals surface area (Å²) in [5, 5.41) is 5.54. The van der Waals surface area contributed by atoms with Gasteiger partial charge >= 0.3 is 6.03 Å². The van der Waals surface area contributed by atoms with Crippen LogP contribution in [0.25, 0.3) is 0 Å². The number of hydrogen-bond donors (Lipinski definition) is 2. The Hall–Kier alpha value is -3.03. The van der Waals surface area contributed by atoms with Crippen LogP contribution >= 0.6 is 0 Å². The van der Waals surface area contributed by atoms with Gasteiger partial charge in [0.1, 0.15) is 31.2 Å². The Labute approximate surface area is 157 Å². The van der Waals surface area contributed by atoms with E-state index < -0.39 is 0 Å². The van der Waals surface area contributed by atoms with Crippen LogP contribution < -0.4 is 25.0 Å². The van der Waals surface area contributed by atoms with Gasteiger partial charge in [-0.25, -0.2) is 14.8 Å². The number of aromatic nitrogens is 2. The molecule has 27 heavy (non-hydrogen) atoms. The van der Waals surface area contributed by atoms with Crippen LogP contribution in [0.5, 0.6) is 11.5 Å². The number of nitrogens with zero attached hydrogens (tertiary/aromatic N) is 3. The normalized spacial score (nSPS) is 16.7. The van der Waals surface area contributed by atoms with E-state index in [0.29, 0.717) is 36.2 Å². The van der Waals surface area contributed by atoms with Crippen LogP contribution in [-0.2, 0) is 0 Å². The zero-order valence-electron chi connectivity index (χ0n) is 15.3. The molecule has 142 valence electrons. The molecular formula is C19H23N5O3. The molecule has 2 amide bonds. The third-order valence-electron chi connectivity index (χ3n) is 4.80. The first-order valence-electron chi connectivity index (χ1n) is 9.22. The van der Waals surface area contributed by atoms with Crippen molar-refractivity contribution in [3.63, 3.8) is 0 Å². The molecule has 0 saturated carbocycles. The van der Waals surface area contributed by atoms with Gasteiger partial charge in [0, 0.05) is 30.9 Å². The average Bonchev–Trinajstić information content (AvgIpc) is 2.68. The lowest BCUT2D eigenvalue weighted by molar-refractivity contribution is 0.171. The van der Waals surface area contributed by atoms with Gasteiger partial charge in [-0.3, -0.25) is 5.32 Å². The van der Waals surface area contributed by atoms with E-state index in [1.165, 1.54) is 6.33 Å². The Morgan fingerprint density at radius 3 is 2.67 bits per heavy atom. The third-order valence-corrected chi connectivity index (χ3v) is 4.80. The molecule has 0 unspecified atom stereocenters. The van der Waals surface area contributed by atoms with Crippen molar-refractivity contribution in [2.24, 2.45) is 5.92 Å². The van der Waals surface area contributed by atoms with Crippen LogP contribution in [0.15, 0.2) is 30.6 Å². The summed E-state index contributed by atoms with van der Waals surface area (Å²) in [7, 11) is 0. The molecule has 2 aliphatic rings. The van der Waals surface area contributed by atoms with Crippen molar-refractivity contribution in [2.45, 2.75) is 19.8 Å². The number of urea groups is 1. The minimum Gasteiger partial charge on any atom is -0.486 e. The van der Waals surface area contributed by atoms with Crippen molar-refractivity contribution in [1.29, 1.82) is 0 Å². The molecule has 4 rings (SSSR count). The minimum absolute atomic E-state index is 0.372. The highest BCUT2D eigenvalue weighted by atomic mass is 16.6. The first kappa shape index (κ1) is 17.4. The summed E-state index contributed by atoms with van der Waals surface area (Å²) < 4.78 is 11.0. The number of carbonyl (C=O) groups excluding carboxylic acids is 1. The predicted molar refractivity (Wildman–Crippen MR) is 103 cm³/mol. The van der Waals surface area contributed by atoms with Crippen molar-refractivity contribution in [1.82, 2.24) is 9.97 Å². The minimum atomic E-state index is -0.372. The molecule has 0 radical (unpaired) electrons. The number of piperidine rings is 1. The first-order valence-corrected chi connectivity index (χ1v) is 9.22. The summed E-state index contributed by atoms with van der Waals surface area (Å²) in [6.45, 7) is 5.25. The number of nitrogens with one attached hydrogen (secondary N) is 2. The lowest BCUT2D eigenvalue weighted by atomic mass is 9.99. The van der Waals surface area contributed by atoms with Gasteiger partial charge in [-0.2, -0.15) is 0 Å². The second kappa shape index (κ2) is 7.69. The van der Waals surface area contributed by atoms with Crippen LogP contribution in [-0.4, -0.2) is 42.3 Å². The number of carbonyl (C=O) groups is 1. The lowest BCUT2D eigenvalue weighted by Gasteiger charge is -2.31. The van der Waals surface area contributed by atoms with E-state index >= 15 is 0 Å². The molecule has 3 heterocycles. The number of amides is 2. The van der Waals surface area contributed by atoms with E-state index in [-0.39, 0.29) is 6.03 Å². The van der Waals surface area contributed by atoms with E-state index in [4.69, 9.17) is 9.47 Å². The van der Waals surface area contributed by atoms with Crippen LogP contribution in [0.2, 0.25) is 0 Å². The number of anilines is 3. The summed E-state index contributed by atoms with van der Waals surface area (Å²) in [4.78, 5) is 23.0. The molecule has 1 fully saturated rings. The summed E-state index contributed by atoms with van der Waals surface area (Å²) in [6, 6.07) is 6.73. The summed E-state index contributed by atoms with van der Waals surface area (Å²) >= 11 is 0. The highest BCUT2D eigenvalue weighted by molar-refractivity contribution is 5.99. The average molecular weight is 369 g/mol. The molecule has 2 N–H and O–H groups in total. The molecule has 8 nitrogen and oxygen atoms in total. The van der Waals surface area contributed by atoms with Crippen molar-refractivity contribution in [3.05, 3.63) is 30.6 Å². The fourth-order valence-electron chi connectivity index (χ4n) is 3.23. The quantitative estimate of drug-likeness (QED) is 0.864. The Kier molecular flexibility index (Phi) is 4.95. The van der Waals surface area contributed by atoms with Gasteiger partial charge in [0.25, 0.3) is 0 Å². The van der Waals surface area contributed by atoms with Crippen molar-refractivity contribution in [2.75, 3.05) is 41.8 Å². The van der Waals surface area contributed by atoms with Gasteiger partial charge in [0.05, 0.1) is 0 Å². The standard InChI is InChI=1S/C19H23N5O3/c1-13-4-6-24(7-5-13)18-11-17(20-12-21-18)23-19(25)22-14-2-3-15-16(10-14)27-9-8-26-15/h2-3,10-13H,4-9H2,1H3,(H2,20,21,22,23,25). The largest absolute Gasteiger partial charge is 0.486 e. The summed E-state index contributed by atoms with van der Waals surface area (Å²) in [6.07, 6.45) is 3.78. The maximum absolute atomic E-state index is 12.3. The fraction of sp³-hybridized carbons (Fsp3) is 0.421. The third kappa shape index (κ3) is 4.21. The summed E-state index contributed by atoms with van der Waals surface area (Å²) in [5.74, 6) is 3.36. The Balaban J connectivity index is 1.39. The van der Waals surface area contributed by atoms with Crippen LogP contribution in [0.4, 0.5) is 22.1 Å². The molecule has 0 aliphatic carbocycles. The zero-order valence-corrected chi connectivity index (χ0v) is 15.3. The first-order chi connectivity index (χ1) is 13.2. The van der Waals surface area contributed by atoms with Crippen LogP contribution in [0.3, 0.4) is 0 Å². The Morgan fingerprint density at radius 1 is 1.07 bits per heavy atom. The predicted octanol–water partition coefficient (Wildman–Crippen LogP) is 3.13. The van der Waals surface area contributed by atoms with E-state index in [1.54, 1.807) is 24.3 Å². The molecule has 1 saturated heterocycles. The maximum Gasteiger partial charge on any atom is 0.324 e. The van der Waals surface area contributed by atoms with Gasteiger partial charge in [-0.05, 0) is 30.9 Å². The highest BCUT2D eigenvalue weighted by Crippen LogP contribution is 2.32. The summed E-state index contributed by atoms with van der Waals surface area (Å²) in [5.41, 5.74) is 0.621. The van der Waals surface area contributed by atoms with Gasteiger partial charge in [-0.15, -0.1) is 0 Å². The van der Waals surface area contributed by atoms with Gasteiger partial charge in [-0.1, -0.05) is 6.92 Å². The molecule has 1 aromatic carbocycles. The molecule has 8 heteroatoms. The smallest absolute Gasteiger partial charge is 0.324 e. The van der Waals surface area contributed by atoms with Gasteiger partial charge < -0.3 is 19.7 Å². The van der Waals surface area contributed by atoms with Crippen LogP contribution in [0.1, 0.15) is 19.8 Å². The van der Waals surface area contributed by atoms with Crippen molar-refractivity contribution >= 4 is 23.4 Å². The van der Waals surface area contributed by atoms with E-state index in [1.807, 2.05) is 0 Å².